The number of anilines is 1. The molecule has 1 heterocycles. The van der Waals surface area contributed by atoms with Crippen LogP contribution in [0, 0.1) is 0 Å². The Labute approximate surface area is 142 Å². The predicted molar refractivity (Wildman–Crippen MR) is 91.9 cm³/mol. The number of carbonyl (C=O) groups is 2. The van der Waals surface area contributed by atoms with Crippen LogP contribution in [0.3, 0.4) is 0 Å². The maximum Gasteiger partial charge on any atom is 0.337 e. The van der Waals surface area contributed by atoms with Gasteiger partial charge in [0.05, 0.1) is 24.5 Å². The largest absolute Gasteiger partial charge is 0.494 e. The van der Waals surface area contributed by atoms with Gasteiger partial charge in [-0.05, 0) is 36.4 Å². The summed E-state index contributed by atoms with van der Waals surface area (Å²) in [4.78, 5) is 28.1. The average molecular weight is 342 g/mol. The molecular formula is C17H14N2O4S. The SMILES string of the molecule is COC(=O)c1ccc(C(=O)Nc2nc3c(OC)cccc3s2)cc1. The summed E-state index contributed by atoms with van der Waals surface area (Å²) in [6, 6.07) is 11.8. The zero-order valence-corrected chi connectivity index (χ0v) is 13.8. The minimum atomic E-state index is -0.444. The molecule has 1 aromatic heterocycles. The van der Waals surface area contributed by atoms with Gasteiger partial charge < -0.3 is 9.47 Å². The van der Waals surface area contributed by atoms with E-state index in [0.29, 0.717) is 27.5 Å². The Balaban J connectivity index is 1.80. The lowest BCUT2D eigenvalue weighted by atomic mass is 10.1. The first kappa shape index (κ1) is 15.9. The molecule has 0 saturated carbocycles. The molecule has 1 N–H and O–H groups in total. The Kier molecular flexibility index (Phi) is 4.43. The van der Waals surface area contributed by atoms with E-state index in [2.05, 4.69) is 15.0 Å². The molecule has 2 aromatic carbocycles. The van der Waals surface area contributed by atoms with Gasteiger partial charge in [-0.25, -0.2) is 9.78 Å². The highest BCUT2D eigenvalue weighted by Gasteiger charge is 2.13. The quantitative estimate of drug-likeness (QED) is 0.736. The number of benzene rings is 2. The van der Waals surface area contributed by atoms with Crippen molar-refractivity contribution in [1.82, 2.24) is 4.98 Å². The van der Waals surface area contributed by atoms with Gasteiger partial charge in [0, 0.05) is 5.56 Å². The monoisotopic (exact) mass is 342 g/mol. The van der Waals surface area contributed by atoms with E-state index in [-0.39, 0.29) is 5.91 Å². The molecule has 0 unspecified atom stereocenters. The smallest absolute Gasteiger partial charge is 0.337 e. The van der Waals surface area contributed by atoms with Crippen molar-refractivity contribution in [3.8, 4) is 5.75 Å². The predicted octanol–water partition coefficient (Wildman–Crippen LogP) is 3.34. The van der Waals surface area contributed by atoms with Crippen LogP contribution >= 0.6 is 11.3 Å². The van der Waals surface area contributed by atoms with Crippen molar-refractivity contribution in [1.29, 1.82) is 0 Å². The van der Waals surface area contributed by atoms with Gasteiger partial charge in [0.2, 0.25) is 0 Å². The van der Waals surface area contributed by atoms with Gasteiger partial charge >= 0.3 is 5.97 Å². The number of methoxy groups -OCH3 is 2. The summed E-state index contributed by atoms with van der Waals surface area (Å²) in [6.45, 7) is 0. The molecule has 24 heavy (non-hydrogen) atoms. The number of hydrogen-bond donors (Lipinski definition) is 1. The van der Waals surface area contributed by atoms with Crippen molar-refractivity contribution in [2.24, 2.45) is 0 Å². The molecular weight excluding hydrogens is 328 g/mol. The maximum absolute atomic E-state index is 12.3. The van der Waals surface area contributed by atoms with Crippen molar-refractivity contribution in [3.63, 3.8) is 0 Å². The molecule has 7 heteroatoms. The molecule has 0 bridgehead atoms. The van der Waals surface area contributed by atoms with Crippen LogP contribution in [-0.4, -0.2) is 31.1 Å². The Morgan fingerprint density at radius 1 is 1.04 bits per heavy atom. The van der Waals surface area contributed by atoms with Crippen molar-refractivity contribution >= 4 is 38.6 Å². The van der Waals surface area contributed by atoms with Crippen molar-refractivity contribution in [3.05, 3.63) is 53.6 Å². The molecule has 122 valence electrons. The molecule has 0 aliphatic carbocycles. The third-order valence-corrected chi connectivity index (χ3v) is 4.33. The lowest BCUT2D eigenvalue weighted by molar-refractivity contribution is 0.0600. The highest BCUT2D eigenvalue weighted by molar-refractivity contribution is 7.22. The summed E-state index contributed by atoms with van der Waals surface area (Å²) in [7, 11) is 2.89. The van der Waals surface area contributed by atoms with E-state index in [0.717, 1.165) is 4.70 Å². The fourth-order valence-electron chi connectivity index (χ4n) is 2.19. The molecule has 0 aliphatic heterocycles. The van der Waals surface area contributed by atoms with Crippen LogP contribution in [0.15, 0.2) is 42.5 Å². The first-order valence-corrected chi connectivity index (χ1v) is 7.87. The number of aromatic nitrogens is 1. The maximum atomic E-state index is 12.3. The summed E-state index contributed by atoms with van der Waals surface area (Å²) in [6.07, 6.45) is 0. The van der Waals surface area contributed by atoms with Crippen LogP contribution in [0.1, 0.15) is 20.7 Å². The summed E-state index contributed by atoms with van der Waals surface area (Å²) < 4.78 is 10.8. The van der Waals surface area contributed by atoms with E-state index in [4.69, 9.17) is 4.74 Å². The minimum absolute atomic E-state index is 0.301. The van der Waals surface area contributed by atoms with Gasteiger partial charge in [-0.15, -0.1) is 0 Å². The minimum Gasteiger partial charge on any atom is -0.494 e. The number of ether oxygens (including phenoxy) is 2. The molecule has 0 atom stereocenters. The number of fused-ring (bicyclic) bond motifs is 1. The Hall–Kier alpha value is -2.93. The van der Waals surface area contributed by atoms with Gasteiger partial charge in [0.15, 0.2) is 5.13 Å². The van der Waals surface area contributed by atoms with E-state index < -0.39 is 5.97 Å². The number of esters is 1. The van der Waals surface area contributed by atoms with Crippen LogP contribution in [0.5, 0.6) is 5.75 Å². The van der Waals surface area contributed by atoms with E-state index in [1.165, 1.54) is 18.4 Å². The lowest BCUT2D eigenvalue weighted by Crippen LogP contribution is -2.12. The molecule has 0 spiro atoms. The number of carbonyl (C=O) groups excluding carboxylic acids is 2. The van der Waals surface area contributed by atoms with Crippen molar-refractivity contribution in [2.45, 2.75) is 0 Å². The fourth-order valence-corrected chi connectivity index (χ4v) is 3.06. The van der Waals surface area contributed by atoms with Crippen molar-refractivity contribution < 1.29 is 19.1 Å². The summed E-state index contributed by atoms with van der Waals surface area (Å²) in [5.41, 5.74) is 1.52. The van der Waals surface area contributed by atoms with E-state index in [1.54, 1.807) is 31.4 Å². The van der Waals surface area contributed by atoms with E-state index in [9.17, 15) is 9.59 Å². The van der Waals surface area contributed by atoms with Crippen LogP contribution in [0.2, 0.25) is 0 Å². The Bertz CT molecular complexity index is 903. The number of rotatable bonds is 4. The lowest BCUT2D eigenvalue weighted by Gasteiger charge is -2.03. The van der Waals surface area contributed by atoms with Crippen LogP contribution in [0.25, 0.3) is 10.2 Å². The number of nitrogens with one attached hydrogen (secondary N) is 1. The number of amides is 1. The Morgan fingerprint density at radius 3 is 2.42 bits per heavy atom. The highest BCUT2D eigenvalue weighted by Crippen LogP contribution is 2.32. The summed E-state index contributed by atoms with van der Waals surface area (Å²) in [5, 5.41) is 3.24. The standard InChI is InChI=1S/C17H14N2O4S/c1-22-12-4-3-5-13-14(12)18-17(24-13)19-15(20)10-6-8-11(9-7-10)16(21)23-2/h3-9H,1-2H3,(H,18,19,20). The molecule has 0 radical (unpaired) electrons. The second-order valence-corrected chi connectivity index (χ2v) is 5.88. The zero-order chi connectivity index (χ0) is 17.1. The molecule has 0 saturated heterocycles. The highest BCUT2D eigenvalue weighted by atomic mass is 32.1. The second kappa shape index (κ2) is 6.67. The van der Waals surface area contributed by atoms with Gasteiger partial charge in [-0.2, -0.15) is 0 Å². The zero-order valence-electron chi connectivity index (χ0n) is 13.0. The number of para-hydroxylation sites is 1. The van der Waals surface area contributed by atoms with Gasteiger partial charge in [0.1, 0.15) is 11.3 Å². The molecule has 1 amide bonds. The Morgan fingerprint density at radius 2 is 1.75 bits per heavy atom. The fraction of sp³-hybridized carbons (Fsp3) is 0.118. The van der Waals surface area contributed by atoms with Crippen molar-refractivity contribution in [2.75, 3.05) is 19.5 Å². The topological polar surface area (TPSA) is 77.5 Å². The first-order valence-electron chi connectivity index (χ1n) is 7.05. The summed E-state index contributed by atoms with van der Waals surface area (Å²) >= 11 is 1.36. The second-order valence-electron chi connectivity index (χ2n) is 4.85. The third kappa shape index (κ3) is 3.07. The molecule has 0 aliphatic rings. The van der Waals surface area contributed by atoms with Crippen LogP contribution in [0.4, 0.5) is 5.13 Å². The molecule has 3 aromatic rings. The molecule has 0 fully saturated rings. The average Bonchev–Trinajstić information content (AvgIpc) is 3.03. The first-order chi connectivity index (χ1) is 11.6. The van der Waals surface area contributed by atoms with E-state index in [1.807, 2.05) is 18.2 Å². The number of nitrogens with zero attached hydrogens (tertiary/aromatic N) is 1. The third-order valence-electron chi connectivity index (χ3n) is 3.39. The van der Waals surface area contributed by atoms with E-state index >= 15 is 0 Å². The van der Waals surface area contributed by atoms with Gasteiger partial charge in [-0.3, -0.25) is 10.1 Å². The van der Waals surface area contributed by atoms with Gasteiger partial charge in [0.25, 0.3) is 5.91 Å². The van der Waals surface area contributed by atoms with Gasteiger partial charge in [-0.1, -0.05) is 17.4 Å². The normalized spacial score (nSPS) is 10.4. The molecule has 6 nitrogen and oxygen atoms in total. The number of thiazole rings is 1. The molecule has 3 rings (SSSR count). The summed E-state index contributed by atoms with van der Waals surface area (Å²) in [5.74, 6) is -0.0867. The van der Waals surface area contributed by atoms with Crippen LogP contribution < -0.4 is 10.1 Å². The van der Waals surface area contributed by atoms with Crippen LogP contribution in [-0.2, 0) is 4.74 Å². The number of hydrogen-bond acceptors (Lipinski definition) is 6.